The van der Waals surface area contributed by atoms with Gasteiger partial charge in [-0.25, -0.2) is 4.79 Å². The van der Waals surface area contributed by atoms with E-state index in [2.05, 4.69) is 21.2 Å². The Morgan fingerprint density at radius 3 is 2.74 bits per heavy atom. The van der Waals surface area contributed by atoms with Gasteiger partial charge in [0.2, 0.25) is 0 Å². The Hall–Kier alpha value is -1.76. The van der Waals surface area contributed by atoms with Crippen molar-refractivity contribution >= 4 is 33.6 Å². The second-order valence-electron chi connectivity index (χ2n) is 3.84. The Balaban J connectivity index is 2.63. The molecular weight excluding hydrogens is 316 g/mol. The third-order valence-corrected chi connectivity index (χ3v) is 3.07. The summed E-state index contributed by atoms with van der Waals surface area (Å²) in [6.45, 7) is 0.148. The number of benzene rings is 1. The highest BCUT2D eigenvalue weighted by Gasteiger charge is 2.11. The fourth-order valence-electron chi connectivity index (χ4n) is 1.32. The van der Waals surface area contributed by atoms with Crippen LogP contribution in [0.2, 0.25) is 0 Å². The van der Waals surface area contributed by atoms with Crippen molar-refractivity contribution in [3.8, 4) is 5.75 Å². The molecule has 0 spiro atoms. The van der Waals surface area contributed by atoms with Crippen molar-refractivity contribution in [3.63, 3.8) is 0 Å². The molecule has 2 amide bonds. The lowest BCUT2D eigenvalue weighted by atomic mass is 10.3. The number of nitrogens with one attached hydrogen (secondary N) is 1. The van der Waals surface area contributed by atoms with Crippen LogP contribution >= 0.6 is 15.9 Å². The summed E-state index contributed by atoms with van der Waals surface area (Å²) in [4.78, 5) is 23.5. The van der Waals surface area contributed by atoms with Crippen molar-refractivity contribution in [2.24, 2.45) is 0 Å². The van der Waals surface area contributed by atoms with Gasteiger partial charge in [-0.1, -0.05) is 0 Å². The Bertz CT molecular complexity index is 479. The van der Waals surface area contributed by atoms with Gasteiger partial charge in [0.15, 0.2) is 0 Å². The molecule has 1 aromatic rings. The van der Waals surface area contributed by atoms with E-state index in [-0.39, 0.29) is 19.0 Å². The van der Waals surface area contributed by atoms with Crippen LogP contribution in [0.5, 0.6) is 5.75 Å². The van der Waals surface area contributed by atoms with Gasteiger partial charge in [-0.15, -0.1) is 0 Å². The van der Waals surface area contributed by atoms with E-state index in [1.807, 2.05) is 0 Å². The third-order valence-electron chi connectivity index (χ3n) is 2.41. The first-order chi connectivity index (χ1) is 8.93. The zero-order valence-electron chi connectivity index (χ0n) is 10.6. The van der Waals surface area contributed by atoms with Crippen LogP contribution < -0.4 is 10.1 Å². The van der Waals surface area contributed by atoms with E-state index in [9.17, 15) is 9.59 Å². The third kappa shape index (κ3) is 4.78. The lowest BCUT2D eigenvalue weighted by Gasteiger charge is -2.17. The molecule has 0 aliphatic carbocycles. The quantitative estimate of drug-likeness (QED) is 0.868. The van der Waals surface area contributed by atoms with Crippen LogP contribution in [0.1, 0.15) is 6.42 Å². The standard InChI is InChI=1S/C12H15BrN2O4/c1-15(6-5-11(16)17)12(18)14-8-3-4-9(13)10(7-8)19-2/h3-4,7H,5-6H2,1-2H3,(H,14,18)(H,16,17). The molecule has 0 fully saturated rings. The topological polar surface area (TPSA) is 78.9 Å². The van der Waals surface area contributed by atoms with Crippen LogP contribution in [0, 0.1) is 0 Å². The SMILES string of the molecule is COc1cc(NC(=O)N(C)CCC(=O)O)ccc1Br. The van der Waals surface area contributed by atoms with Crippen molar-refractivity contribution in [3.05, 3.63) is 22.7 Å². The number of ether oxygens (including phenoxy) is 1. The van der Waals surface area contributed by atoms with Gasteiger partial charge in [0.05, 0.1) is 18.0 Å². The molecule has 2 N–H and O–H groups in total. The van der Waals surface area contributed by atoms with Crippen LogP contribution in [-0.4, -0.2) is 42.7 Å². The first-order valence-corrected chi connectivity index (χ1v) is 6.30. The predicted octanol–water partition coefficient (Wildman–Crippen LogP) is 2.40. The molecule has 0 aliphatic heterocycles. The highest BCUT2D eigenvalue weighted by molar-refractivity contribution is 9.10. The van der Waals surface area contributed by atoms with Crippen molar-refractivity contribution in [1.82, 2.24) is 4.90 Å². The van der Waals surface area contributed by atoms with Gasteiger partial charge in [0, 0.05) is 25.3 Å². The van der Waals surface area contributed by atoms with Crippen molar-refractivity contribution in [2.75, 3.05) is 26.0 Å². The van der Waals surface area contributed by atoms with Gasteiger partial charge in [-0.05, 0) is 28.1 Å². The number of aliphatic carboxylic acids is 1. The minimum atomic E-state index is -0.940. The monoisotopic (exact) mass is 330 g/mol. The lowest BCUT2D eigenvalue weighted by Crippen LogP contribution is -2.33. The number of carbonyl (C=O) groups excluding carboxylic acids is 1. The first-order valence-electron chi connectivity index (χ1n) is 5.51. The summed E-state index contributed by atoms with van der Waals surface area (Å²) in [5.41, 5.74) is 0.576. The number of methoxy groups -OCH3 is 1. The summed E-state index contributed by atoms with van der Waals surface area (Å²) in [7, 11) is 3.07. The summed E-state index contributed by atoms with van der Waals surface area (Å²) < 4.78 is 5.90. The van der Waals surface area contributed by atoms with Crippen LogP contribution in [0.25, 0.3) is 0 Å². The van der Waals surface area contributed by atoms with Crippen molar-refractivity contribution in [1.29, 1.82) is 0 Å². The maximum Gasteiger partial charge on any atom is 0.321 e. The molecule has 0 saturated carbocycles. The van der Waals surface area contributed by atoms with Crippen LogP contribution in [0.3, 0.4) is 0 Å². The van der Waals surface area contributed by atoms with Crippen LogP contribution in [-0.2, 0) is 4.79 Å². The maximum absolute atomic E-state index is 11.8. The molecule has 0 aliphatic rings. The Morgan fingerprint density at radius 2 is 2.16 bits per heavy atom. The zero-order valence-corrected chi connectivity index (χ0v) is 12.2. The molecule has 0 saturated heterocycles. The number of hydrogen-bond donors (Lipinski definition) is 2. The first kappa shape index (κ1) is 15.3. The predicted molar refractivity (Wildman–Crippen MR) is 74.6 cm³/mol. The van der Waals surface area contributed by atoms with Gasteiger partial charge < -0.3 is 20.1 Å². The summed E-state index contributed by atoms with van der Waals surface area (Å²) in [6.07, 6.45) is -0.0897. The van der Waals surface area contributed by atoms with Gasteiger partial charge in [-0.2, -0.15) is 0 Å². The number of amides is 2. The number of nitrogens with zero attached hydrogens (tertiary/aromatic N) is 1. The Morgan fingerprint density at radius 1 is 1.47 bits per heavy atom. The minimum absolute atomic E-state index is 0.0897. The van der Waals surface area contributed by atoms with Crippen LogP contribution in [0.15, 0.2) is 22.7 Å². The van der Waals surface area contributed by atoms with Gasteiger partial charge in [-0.3, -0.25) is 4.79 Å². The molecule has 6 nitrogen and oxygen atoms in total. The molecule has 0 atom stereocenters. The molecule has 7 heteroatoms. The summed E-state index contributed by atoms with van der Waals surface area (Å²) in [6, 6.07) is 4.78. The number of anilines is 1. The largest absolute Gasteiger partial charge is 0.495 e. The van der Waals surface area contributed by atoms with Crippen LogP contribution in [0.4, 0.5) is 10.5 Å². The Kier molecular flexibility index (Phi) is 5.62. The summed E-state index contributed by atoms with van der Waals surface area (Å²) in [5.74, 6) is -0.337. The zero-order chi connectivity index (χ0) is 14.4. The molecule has 0 radical (unpaired) electrons. The normalized spacial score (nSPS) is 9.84. The number of carbonyl (C=O) groups is 2. The van der Waals surface area contributed by atoms with E-state index in [0.717, 1.165) is 4.47 Å². The summed E-state index contributed by atoms with van der Waals surface area (Å²) in [5, 5.41) is 11.2. The van der Waals surface area contributed by atoms with E-state index < -0.39 is 5.97 Å². The molecule has 0 bridgehead atoms. The highest BCUT2D eigenvalue weighted by Crippen LogP contribution is 2.27. The molecule has 0 heterocycles. The number of urea groups is 1. The Labute approximate surface area is 119 Å². The second kappa shape index (κ2) is 6.98. The maximum atomic E-state index is 11.8. The van der Waals surface area contributed by atoms with Crippen molar-refractivity contribution in [2.45, 2.75) is 6.42 Å². The van der Waals surface area contributed by atoms with Gasteiger partial charge >= 0.3 is 12.0 Å². The van der Waals surface area contributed by atoms with E-state index >= 15 is 0 Å². The average Bonchev–Trinajstić information content (AvgIpc) is 2.37. The number of carboxylic acids is 1. The highest BCUT2D eigenvalue weighted by atomic mass is 79.9. The molecular formula is C12H15BrN2O4. The minimum Gasteiger partial charge on any atom is -0.495 e. The molecule has 1 rings (SSSR count). The smallest absolute Gasteiger partial charge is 0.321 e. The van der Waals surface area contributed by atoms with Gasteiger partial charge in [0.25, 0.3) is 0 Å². The number of carboxylic acid groups (broad SMARTS) is 1. The molecule has 1 aromatic carbocycles. The summed E-state index contributed by atoms with van der Waals surface area (Å²) >= 11 is 3.31. The molecule has 0 unspecified atom stereocenters. The molecule has 19 heavy (non-hydrogen) atoms. The lowest BCUT2D eigenvalue weighted by molar-refractivity contribution is -0.137. The van der Waals surface area contributed by atoms with Crippen molar-refractivity contribution < 1.29 is 19.4 Å². The number of rotatable bonds is 5. The fourth-order valence-corrected chi connectivity index (χ4v) is 1.73. The van der Waals surface area contributed by atoms with E-state index in [1.54, 1.807) is 18.2 Å². The molecule has 0 aromatic heterocycles. The fraction of sp³-hybridized carbons (Fsp3) is 0.333. The number of halogens is 1. The second-order valence-corrected chi connectivity index (χ2v) is 4.70. The van der Waals surface area contributed by atoms with Gasteiger partial charge in [0.1, 0.15) is 5.75 Å². The van der Waals surface area contributed by atoms with E-state index in [4.69, 9.17) is 9.84 Å². The average molecular weight is 331 g/mol. The van der Waals surface area contributed by atoms with E-state index in [0.29, 0.717) is 11.4 Å². The molecule has 104 valence electrons. The number of hydrogen-bond acceptors (Lipinski definition) is 3. The van der Waals surface area contributed by atoms with E-state index in [1.165, 1.54) is 19.1 Å².